The summed E-state index contributed by atoms with van der Waals surface area (Å²) in [5.74, 6) is 0.304. The second-order valence-electron chi connectivity index (χ2n) is 2.81. The molecule has 0 saturated heterocycles. The van der Waals surface area contributed by atoms with Crippen molar-refractivity contribution in [2.75, 3.05) is 6.61 Å². The van der Waals surface area contributed by atoms with Crippen LogP contribution in [0, 0.1) is 5.92 Å². The van der Waals surface area contributed by atoms with Gasteiger partial charge in [0.1, 0.15) is 5.78 Å². The van der Waals surface area contributed by atoms with Gasteiger partial charge in [-0.25, -0.2) is 5.11 Å². The first-order valence-corrected chi connectivity index (χ1v) is 4.37. The van der Waals surface area contributed by atoms with Crippen LogP contribution in [0.25, 0.3) is 0 Å². The van der Waals surface area contributed by atoms with Gasteiger partial charge in [-0.2, -0.15) is 0 Å². The van der Waals surface area contributed by atoms with Crippen LogP contribution in [0.2, 0.25) is 0 Å². The molecule has 0 spiro atoms. The zero-order valence-electron chi connectivity index (χ0n) is 7.43. The van der Waals surface area contributed by atoms with Crippen LogP contribution in [0.5, 0.6) is 0 Å². The maximum absolute atomic E-state index is 11.2. The summed E-state index contributed by atoms with van der Waals surface area (Å²) in [4.78, 5) is 11.2. The van der Waals surface area contributed by atoms with Crippen molar-refractivity contribution in [1.29, 1.82) is 0 Å². The van der Waals surface area contributed by atoms with Crippen LogP contribution < -0.4 is 0 Å². The molecule has 0 N–H and O–H groups in total. The van der Waals surface area contributed by atoms with E-state index in [1.165, 1.54) is 0 Å². The summed E-state index contributed by atoms with van der Waals surface area (Å²) >= 11 is 0. The van der Waals surface area contributed by atoms with Crippen LogP contribution in [0.1, 0.15) is 39.5 Å². The molecule has 2 heteroatoms. The molecule has 1 atom stereocenters. The maximum Gasteiger partial charge on any atom is 0.138 e. The quantitative estimate of drug-likeness (QED) is 0.582. The Morgan fingerprint density at radius 2 is 2.00 bits per heavy atom. The summed E-state index contributed by atoms with van der Waals surface area (Å²) < 4.78 is 0. The van der Waals surface area contributed by atoms with Gasteiger partial charge in [-0.15, -0.1) is 0 Å². The van der Waals surface area contributed by atoms with Crippen molar-refractivity contribution in [1.82, 2.24) is 0 Å². The lowest BCUT2D eigenvalue weighted by Gasteiger charge is -2.10. The fourth-order valence-electron chi connectivity index (χ4n) is 1.25. The number of carbonyl (C=O) groups is 1. The monoisotopic (exact) mass is 157 g/mol. The first-order chi connectivity index (χ1) is 5.26. The number of hydrogen-bond donors (Lipinski definition) is 0. The number of Topliss-reactive ketones (excluding diaryl/α,β-unsaturated/α-hetero) is 1. The minimum Gasteiger partial charge on any atom is -0.299 e. The molecule has 0 saturated carbocycles. The van der Waals surface area contributed by atoms with Crippen molar-refractivity contribution in [2.45, 2.75) is 39.5 Å². The van der Waals surface area contributed by atoms with E-state index in [2.05, 4.69) is 6.92 Å². The predicted molar refractivity (Wildman–Crippen MR) is 43.9 cm³/mol. The van der Waals surface area contributed by atoms with Gasteiger partial charge in [-0.3, -0.25) is 4.79 Å². The molecule has 1 unspecified atom stereocenters. The Bertz CT molecular complexity index is 110. The summed E-state index contributed by atoms with van der Waals surface area (Å²) in [6, 6.07) is 0. The Morgan fingerprint density at radius 3 is 2.36 bits per heavy atom. The molecule has 0 aliphatic rings. The highest BCUT2D eigenvalue weighted by Gasteiger charge is 2.13. The Hall–Kier alpha value is -0.370. The summed E-state index contributed by atoms with van der Waals surface area (Å²) in [6.07, 6.45) is 3.07. The van der Waals surface area contributed by atoms with E-state index in [-0.39, 0.29) is 24.7 Å². The second kappa shape index (κ2) is 6.35. The van der Waals surface area contributed by atoms with E-state index in [0.29, 0.717) is 0 Å². The molecule has 0 fully saturated rings. The average Bonchev–Trinajstić information content (AvgIpc) is 2.00. The largest absolute Gasteiger partial charge is 0.299 e. The SMILES string of the molecule is CCCC(CC)C(=O)CC[O]. The lowest BCUT2D eigenvalue weighted by molar-refractivity contribution is -0.124. The molecule has 11 heavy (non-hydrogen) atoms. The molecule has 2 nitrogen and oxygen atoms in total. The smallest absolute Gasteiger partial charge is 0.138 e. The molecule has 0 aromatic heterocycles. The molecule has 0 aliphatic carbocycles. The van der Waals surface area contributed by atoms with Gasteiger partial charge in [0, 0.05) is 12.3 Å². The van der Waals surface area contributed by atoms with Gasteiger partial charge in [-0.05, 0) is 12.8 Å². The first kappa shape index (κ1) is 10.6. The first-order valence-electron chi connectivity index (χ1n) is 4.37. The van der Waals surface area contributed by atoms with E-state index in [0.717, 1.165) is 19.3 Å². The molecule has 0 amide bonds. The molecule has 0 aromatic carbocycles. The van der Waals surface area contributed by atoms with Crippen LogP contribution in [0.3, 0.4) is 0 Å². The topological polar surface area (TPSA) is 37.0 Å². The highest BCUT2D eigenvalue weighted by Crippen LogP contribution is 2.13. The van der Waals surface area contributed by atoms with Crippen LogP contribution in [-0.4, -0.2) is 12.4 Å². The third kappa shape index (κ3) is 4.14. The van der Waals surface area contributed by atoms with E-state index in [1.807, 2.05) is 6.92 Å². The van der Waals surface area contributed by atoms with Gasteiger partial charge in [-0.1, -0.05) is 20.3 Å². The summed E-state index contributed by atoms with van der Waals surface area (Å²) in [7, 11) is 0. The molecule has 0 heterocycles. The van der Waals surface area contributed by atoms with Crippen LogP contribution >= 0.6 is 0 Å². The minimum absolute atomic E-state index is 0.147. The Morgan fingerprint density at radius 1 is 1.36 bits per heavy atom. The molecule has 0 bridgehead atoms. The molecule has 0 rings (SSSR count). The van der Waals surface area contributed by atoms with Gasteiger partial charge in [0.25, 0.3) is 0 Å². The van der Waals surface area contributed by atoms with Crippen molar-refractivity contribution in [2.24, 2.45) is 5.92 Å². The van der Waals surface area contributed by atoms with Gasteiger partial charge in [0.2, 0.25) is 0 Å². The Labute approximate surface area is 68.6 Å². The van der Waals surface area contributed by atoms with Crippen molar-refractivity contribution < 1.29 is 9.90 Å². The van der Waals surface area contributed by atoms with Gasteiger partial charge in [0.15, 0.2) is 0 Å². The summed E-state index contributed by atoms with van der Waals surface area (Å²) in [5, 5.41) is 10.1. The zero-order chi connectivity index (χ0) is 8.69. The van der Waals surface area contributed by atoms with Crippen LogP contribution in [-0.2, 0) is 9.90 Å². The lowest BCUT2D eigenvalue weighted by atomic mass is 9.94. The summed E-state index contributed by atoms with van der Waals surface area (Å²) in [5.41, 5.74) is 0. The number of rotatable bonds is 6. The van der Waals surface area contributed by atoms with Gasteiger partial charge in [0.05, 0.1) is 6.61 Å². The third-order valence-corrected chi connectivity index (χ3v) is 1.93. The molecule has 1 radical (unpaired) electrons. The Balaban J connectivity index is 3.71. The number of ketones is 1. The zero-order valence-corrected chi connectivity index (χ0v) is 7.43. The fraction of sp³-hybridized carbons (Fsp3) is 0.889. The second-order valence-corrected chi connectivity index (χ2v) is 2.81. The molecular weight excluding hydrogens is 140 g/mol. The molecule has 65 valence electrons. The minimum atomic E-state index is -0.251. The molecule has 0 aromatic rings. The maximum atomic E-state index is 11.2. The van der Waals surface area contributed by atoms with E-state index < -0.39 is 0 Å². The van der Waals surface area contributed by atoms with E-state index >= 15 is 0 Å². The van der Waals surface area contributed by atoms with Crippen molar-refractivity contribution in [3.63, 3.8) is 0 Å². The van der Waals surface area contributed by atoms with Gasteiger partial charge < -0.3 is 0 Å². The predicted octanol–water partition coefficient (Wildman–Crippen LogP) is 2.20. The van der Waals surface area contributed by atoms with Crippen molar-refractivity contribution >= 4 is 5.78 Å². The summed E-state index contributed by atoms with van der Waals surface area (Å²) in [6.45, 7) is 3.81. The highest BCUT2D eigenvalue weighted by molar-refractivity contribution is 5.80. The average molecular weight is 157 g/mol. The van der Waals surface area contributed by atoms with Crippen molar-refractivity contribution in [3.05, 3.63) is 0 Å². The van der Waals surface area contributed by atoms with Crippen LogP contribution in [0.4, 0.5) is 0 Å². The van der Waals surface area contributed by atoms with E-state index in [4.69, 9.17) is 0 Å². The highest BCUT2D eigenvalue weighted by atomic mass is 16.3. The van der Waals surface area contributed by atoms with E-state index in [1.54, 1.807) is 0 Å². The molecule has 0 aliphatic heterocycles. The lowest BCUT2D eigenvalue weighted by Crippen LogP contribution is -2.14. The van der Waals surface area contributed by atoms with Gasteiger partial charge >= 0.3 is 0 Å². The normalized spacial score (nSPS) is 13.0. The molecular formula is C9H17O2. The van der Waals surface area contributed by atoms with E-state index in [9.17, 15) is 9.90 Å². The van der Waals surface area contributed by atoms with Crippen molar-refractivity contribution in [3.8, 4) is 0 Å². The Kier molecular flexibility index (Phi) is 6.13. The fourth-order valence-corrected chi connectivity index (χ4v) is 1.25. The number of carbonyl (C=O) groups excluding carboxylic acids is 1. The third-order valence-electron chi connectivity index (χ3n) is 1.93. The number of hydrogen-bond acceptors (Lipinski definition) is 1. The van der Waals surface area contributed by atoms with Crippen LogP contribution in [0.15, 0.2) is 0 Å². The standard InChI is InChI=1S/C9H17O2/c1-3-5-8(4-2)9(11)6-7-10/h8H,3-7H2,1-2H3.